The molecule has 0 saturated heterocycles. The molecule has 0 spiro atoms. The van der Waals surface area contributed by atoms with E-state index in [1.54, 1.807) is 36.4 Å². The Kier molecular flexibility index (Phi) is 4.73. The van der Waals surface area contributed by atoms with Gasteiger partial charge in [0.05, 0.1) is 0 Å². The molecule has 0 fully saturated rings. The van der Waals surface area contributed by atoms with E-state index < -0.39 is 5.97 Å². The van der Waals surface area contributed by atoms with Gasteiger partial charge >= 0.3 is 5.97 Å². The first kappa shape index (κ1) is 13.0. The molecule has 0 aliphatic rings. The quantitative estimate of drug-likeness (QED) is 0.218. The number of hydrogen-bond donors (Lipinski definition) is 1. The minimum Gasteiger partial charge on any atom is -0.477 e. The van der Waals surface area contributed by atoms with E-state index >= 15 is 0 Å². The molecule has 0 amide bonds. The van der Waals surface area contributed by atoms with Crippen LogP contribution in [-0.2, 0) is 4.79 Å². The second kappa shape index (κ2) is 6.53. The highest BCUT2D eigenvalue weighted by Crippen LogP contribution is 2.14. The van der Waals surface area contributed by atoms with Crippen LogP contribution in [0.15, 0.2) is 47.1 Å². The summed E-state index contributed by atoms with van der Waals surface area (Å²) < 4.78 is 0. The molecule has 0 saturated carbocycles. The third kappa shape index (κ3) is 3.85. The predicted molar refractivity (Wildman–Crippen MR) is 65.6 cm³/mol. The molecule has 0 atom stereocenters. The normalized spacial score (nSPS) is 10.7. The van der Waals surface area contributed by atoms with Crippen LogP contribution in [0, 0.1) is 11.3 Å². The fourth-order valence-electron chi connectivity index (χ4n) is 1.12. The SMILES string of the molecule is N#CC(=CC=Cc1ccc(N=[N+]=[N-])cc1)C(=O)O. The van der Waals surface area contributed by atoms with Crippen LogP contribution >= 0.6 is 0 Å². The van der Waals surface area contributed by atoms with Gasteiger partial charge in [-0.05, 0) is 17.2 Å². The number of carboxylic acids is 1. The Bertz CT molecular complexity index is 587. The Morgan fingerprint density at radius 1 is 1.44 bits per heavy atom. The van der Waals surface area contributed by atoms with Gasteiger partial charge in [0.1, 0.15) is 11.6 Å². The maximum absolute atomic E-state index is 10.5. The number of hydrogen-bond acceptors (Lipinski definition) is 3. The topological polar surface area (TPSA) is 110 Å². The highest BCUT2D eigenvalue weighted by molar-refractivity contribution is 5.91. The molecule has 18 heavy (non-hydrogen) atoms. The highest BCUT2D eigenvalue weighted by Gasteiger charge is 2.02. The minimum atomic E-state index is -1.26. The largest absolute Gasteiger partial charge is 0.477 e. The number of nitrogens with zero attached hydrogens (tertiary/aromatic N) is 4. The van der Waals surface area contributed by atoms with Crippen LogP contribution < -0.4 is 0 Å². The molecule has 0 heterocycles. The number of benzene rings is 1. The van der Waals surface area contributed by atoms with Gasteiger partial charge in [0, 0.05) is 10.6 Å². The molecule has 0 bridgehead atoms. The summed E-state index contributed by atoms with van der Waals surface area (Å²) in [7, 11) is 0. The third-order valence-electron chi connectivity index (χ3n) is 1.96. The van der Waals surface area contributed by atoms with Crippen molar-refractivity contribution in [3.05, 3.63) is 58.0 Å². The fraction of sp³-hybridized carbons (Fsp3) is 0. The van der Waals surface area contributed by atoms with Crippen LogP contribution in [0.1, 0.15) is 5.56 Å². The van der Waals surface area contributed by atoms with E-state index in [0.29, 0.717) is 5.69 Å². The summed E-state index contributed by atoms with van der Waals surface area (Å²) in [5.41, 5.74) is 9.18. The van der Waals surface area contributed by atoms with E-state index in [9.17, 15) is 4.79 Å². The second-order valence-corrected chi connectivity index (χ2v) is 3.14. The van der Waals surface area contributed by atoms with Crippen molar-refractivity contribution in [2.45, 2.75) is 0 Å². The molecule has 1 N–H and O–H groups in total. The molecule has 1 rings (SSSR count). The Hall–Kier alpha value is -3.03. The number of nitriles is 1. The second-order valence-electron chi connectivity index (χ2n) is 3.14. The summed E-state index contributed by atoms with van der Waals surface area (Å²) >= 11 is 0. The Balaban J connectivity index is 2.82. The lowest BCUT2D eigenvalue weighted by molar-refractivity contribution is -0.132. The van der Waals surface area contributed by atoms with Crippen molar-refractivity contribution < 1.29 is 9.90 Å². The molecule has 6 heteroatoms. The first-order valence-electron chi connectivity index (χ1n) is 4.84. The van der Waals surface area contributed by atoms with Crippen LogP contribution in [0.2, 0.25) is 0 Å². The van der Waals surface area contributed by atoms with E-state index in [1.807, 2.05) is 0 Å². The van der Waals surface area contributed by atoms with Crippen molar-refractivity contribution in [1.29, 1.82) is 5.26 Å². The van der Waals surface area contributed by atoms with Crippen molar-refractivity contribution in [3.63, 3.8) is 0 Å². The lowest BCUT2D eigenvalue weighted by Crippen LogP contribution is -1.96. The van der Waals surface area contributed by atoms with Gasteiger partial charge in [0.15, 0.2) is 0 Å². The zero-order valence-electron chi connectivity index (χ0n) is 9.19. The van der Waals surface area contributed by atoms with Crippen molar-refractivity contribution >= 4 is 17.7 Å². The summed E-state index contributed by atoms with van der Waals surface area (Å²) in [5.74, 6) is -1.26. The number of carbonyl (C=O) groups is 1. The number of azide groups is 1. The molecule has 1 aromatic rings. The predicted octanol–water partition coefficient (Wildman–Crippen LogP) is 3.18. The van der Waals surface area contributed by atoms with Crippen molar-refractivity contribution in [3.8, 4) is 6.07 Å². The maximum atomic E-state index is 10.5. The Morgan fingerprint density at radius 3 is 2.61 bits per heavy atom. The van der Waals surface area contributed by atoms with Gasteiger partial charge < -0.3 is 5.11 Å². The fourth-order valence-corrected chi connectivity index (χ4v) is 1.12. The molecular weight excluding hydrogens is 232 g/mol. The van der Waals surface area contributed by atoms with E-state index in [-0.39, 0.29) is 5.57 Å². The van der Waals surface area contributed by atoms with E-state index in [4.69, 9.17) is 15.9 Å². The minimum absolute atomic E-state index is 0.336. The van der Waals surface area contributed by atoms with Gasteiger partial charge in [-0.2, -0.15) is 5.26 Å². The van der Waals surface area contributed by atoms with Crippen molar-refractivity contribution in [2.24, 2.45) is 5.11 Å². The number of aliphatic carboxylic acids is 1. The molecule has 0 unspecified atom stereocenters. The van der Waals surface area contributed by atoms with Crippen LogP contribution in [-0.4, -0.2) is 11.1 Å². The first-order valence-corrected chi connectivity index (χ1v) is 4.84. The van der Waals surface area contributed by atoms with Crippen molar-refractivity contribution in [1.82, 2.24) is 0 Å². The highest BCUT2D eigenvalue weighted by atomic mass is 16.4. The molecule has 1 aromatic carbocycles. The molecule has 88 valence electrons. The van der Waals surface area contributed by atoms with Gasteiger partial charge in [-0.1, -0.05) is 41.5 Å². The third-order valence-corrected chi connectivity index (χ3v) is 1.96. The molecular formula is C12H8N4O2. The molecule has 6 nitrogen and oxygen atoms in total. The molecule has 0 aliphatic carbocycles. The average Bonchev–Trinajstić information content (AvgIpc) is 2.36. The van der Waals surface area contributed by atoms with Gasteiger partial charge in [0.2, 0.25) is 0 Å². The van der Waals surface area contributed by atoms with E-state index in [2.05, 4.69) is 10.0 Å². The zero-order chi connectivity index (χ0) is 13.4. The molecule has 0 aromatic heterocycles. The van der Waals surface area contributed by atoms with Gasteiger partial charge in [0.25, 0.3) is 0 Å². The number of allylic oxidation sites excluding steroid dienone is 2. The van der Waals surface area contributed by atoms with Crippen LogP contribution in [0.3, 0.4) is 0 Å². The zero-order valence-corrected chi connectivity index (χ0v) is 9.19. The van der Waals surface area contributed by atoms with E-state index in [0.717, 1.165) is 5.56 Å². The van der Waals surface area contributed by atoms with Gasteiger partial charge in [-0.25, -0.2) is 4.79 Å². The van der Waals surface area contributed by atoms with Crippen LogP contribution in [0.25, 0.3) is 16.5 Å². The standard InChI is InChI=1S/C12H8N4O2/c13-8-10(12(17)18)3-1-2-9-4-6-11(7-5-9)15-16-14/h1-7H,(H,17,18). The van der Waals surface area contributed by atoms with E-state index in [1.165, 1.54) is 12.2 Å². The number of rotatable bonds is 4. The summed E-state index contributed by atoms with van der Waals surface area (Å²) in [6.45, 7) is 0. The first-order chi connectivity index (χ1) is 8.67. The van der Waals surface area contributed by atoms with Gasteiger partial charge in [-0.3, -0.25) is 0 Å². The van der Waals surface area contributed by atoms with Gasteiger partial charge in [-0.15, -0.1) is 0 Å². The van der Waals surface area contributed by atoms with Crippen molar-refractivity contribution in [2.75, 3.05) is 0 Å². The smallest absolute Gasteiger partial charge is 0.346 e. The Morgan fingerprint density at radius 2 is 2.11 bits per heavy atom. The number of carboxylic acid groups (broad SMARTS) is 1. The lowest BCUT2D eigenvalue weighted by atomic mass is 10.2. The summed E-state index contributed by atoms with van der Waals surface area (Å²) in [4.78, 5) is 13.2. The summed E-state index contributed by atoms with van der Waals surface area (Å²) in [6, 6.07) is 8.25. The average molecular weight is 240 g/mol. The summed E-state index contributed by atoms with van der Waals surface area (Å²) in [5, 5.41) is 20.5. The van der Waals surface area contributed by atoms with Crippen LogP contribution in [0.4, 0.5) is 5.69 Å². The lowest BCUT2D eigenvalue weighted by Gasteiger charge is -1.93. The molecule has 0 radical (unpaired) electrons. The summed E-state index contributed by atoms with van der Waals surface area (Å²) in [6.07, 6.45) is 4.32. The monoisotopic (exact) mass is 240 g/mol. The van der Waals surface area contributed by atoms with Crippen LogP contribution in [0.5, 0.6) is 0 Å². The molecule has 0 aliphatic heterocycles. The maximum Gasteiger partial charge on any atom is 0.346 e. The Labute approximate surface area is 103 Å².